The van der Waals surface area contributed by atoms with Crippen molar-refractivity contribution in [2.24, 2.45) is 4.99 Å². The van der Waals surface area contributed by atoms with Gasteiger partial charge in [-0.2, -0.15) is 0 Å². The summed E-state index contributed by atoms with van der Waals surface area (Å²) in [6.07, 6.45) is 8.17. The van der Waals surface area contributed by atoms with Crippen LogP contribution in [0.2, 0.25) is 0 Å². The Kier molecular flexibility index (Phi) is 9.77. The molecule has 0 bridgehead atoms. The highest BCUT2D eigenvalue weighted by atomic mass is 127. The van der Waals surface area contributed by atoms with Crippen LogP contribution in [0.1, 0.15) is 35.7 Å². The van der Waals surface area contributed by atoms with E-state index in [1.165, 1.54) is 26.4 Å². The molecule has 152 valence electrons. The first-order chi connectivity index (χ1) is 13.3. The molecule has 0 aliphatic heterocycles. The van der Waals surface area contributed by atoms with Crippen LogP contribution >= 0.6 is 35.3 Å². The zero-order chi connectivity index (χ0) is 18.9. The first-order valence-electron chi connectivity index (χ1n) is 9.81. The fourth-order valence-electron chi connectivity index (χ4n) is 3.06. The van der Waals surface area contributed by atoms with E-state index in [0.717, 1.165) is 51.3 Å². The van der Waals surface area contributed by atoms with Crippen LogP contribution in [0.4, 0.5) is 0 Å². The first kappa shape index (κ1) is 22.7. The predicted octanol–water partition coefficient (Wildman–Crippen LogP) is 4.54. The molecular weight excluding hydrogens is 481 g/mol. The maximum absolute atomic E-state index is 4.71. The van der Waals surface area contributed by atoms with Crippen LogP contribution in [-0.2, 0) is 19.3 Å². The lowest BCUT2D eigenvalue weighted by atomic mass is 10.1. The molecule has 2 heterocycles. The Balaban J connectivity index is 0.00000280. The molecule has 3 rings (SSSR count). The molecule has 0 aliphatic rings. The molecule has 0 fully saturated rings. The van der Waals surface area contributed by atoms with Crippen LogP contribution in [-0.4, -0.2) is 35.6 Å². The molecule has 0 spiro atoms. The summed E-state index contributed by atoms with van der Waals surface area (Å²) in [6, 6.07) is 8.46. The van der Waals surface area contributed by atoms with Gasteiger partial charge in [-0.1, -0.05) is 25.1 Å². The van der Waals surface area contributed by atoms with Gasteiger partial charge in [-0.05, 0) is 37.8 Å². The largest absolute Gasteiger partial charge is 0.361 e. The second-order valence-electron chi connectivity index (χ2n) is 6.47. The Morgan fingerprint density at radius 1 is 1.18 bits per heavy atom. The second-order valence-corrected chi connectivity index (χ2v) is 7.67. The molecule has 0 amide bonds. The van der Waals surface area contributed by atoms with Crippen molar-refractivity contribution in [3.05, 3.63) is 52.1 Å². The van der Waals surface area contributed by atoms with Gasteiger partial charge in [0.25, 0.3) is 0 Å². The SMILES string of the molecule is CCNC(=NCCCc1c[nH]c2ccccc12)NCCc1ncc(CC)s1.I. The van der Waals surface area contributed by atoms with Gasteiger partial charge < -0.3 is 15.6 Å². The maximum Gasteiger partial charge on any atom is 0.191 e. The molecular formula is C21H30IN5S. The summed E-state index contributed by atoms with van der Waals surface area (Å²) in [7, 11) is 0. The Morgan fingerprint density at radius 3 is 2.82 bits per heavy atom. The van der Waals surface area contributed by atoms with E-state index in [2.05, 4.69) is 64.9 Å². The van der Waals surface area contributed by atoms with E-state index in [-0.39, 0.29) is 24.0 Å². The zero-order valence-electron chi connectivity index (χ0n) is 16.6. The zero-order valence-corrected chi connectivity index (χ0v) is 19.8. The van der Waals surface area contributed by atoms with Crippen molar-refractivity contribution in [3.8, 4) is 0 Å². The summed E-state index contributed by atoms with van der Waals surface area (Å²) in [6.45, 7) is 6.79. The van der Waals surface area contributed by atoms with Crippen molar-refractivity contribution in [2.75, 3.05) is 19.6 Å². The van der Waals surface area contributed by atoms with Crippen LogP contribution in [0.5, 0.6) is 0 Å². The first-order valence-corrected chi connectivity index (χ1v) is 10.6. The monoisotopic (exact) mass is 511 g/mol. The average molecular weight is 511 g/mol. The lowest BCUT2D eigenvalue weighted by Gasteiger charge is -2.10. The van der Waals surface area contributed by atoms with Crippen LogP contribution in [0.3, 0.4) is 0 Å². The topological polar surface area (TPSA) is 65.1 Å². The van der Waals surface area contributed by atoms with E-state index in [4.69, 9.17) is 4.99 Å². The van der Waals surface area contributed by atoms with Gasteiger partial charge in [-0.25, -0.2) is 4.98 Å². The van der Waals surface area contributed by atoms with Crippen molar-refractivity contribution in [2.45, 2.75) is 39.5 Å². The minimum Gasteiger partial charge on any atom is -0.361 e. The molecule has 0 unspecified atom stereocenters. The summed E-state index contributed by atoms with van der Waals surface area (Å²) in [5.41, 5.74) is 2.58. The van der Waals surface area contributed by atoms with Gasteiger partial charge in [0.05, 0.1) is 5.01 Å². The molecule has 1 aromatic carbocycles. The Morgan fingerprint density at radius 2 is 2.04 bits per heavy atom. The van der Waals surface area contributed by atoms with Crippen molar-refractivity contribution in [3.63, 3.8) is 0 Å². The molecule has 5 nitrogen and oxygen atoms in total. The van der Waals surface area contributed by atoms with E-state index in [1.807, 2.05) is 6.20 Å². The second kappa shape index (κ2) is 12.1. The molecule has 28 heavy (non-hydrogen) atoms. The number of guanidine groups is 1. The minimum atomic E-state index is 0. The Hall–Kier alpha value is -1.61. The Labute approximate surface area is 188 Å². The molecule has 0 saturated carbocycles. The summed E-state index contributed by atoms with van der Waals surface area (Å²) in [4.78, 5) is 13.9. The number of para-hydroxylation sites is 1. The van der Waals surface area contributed by atoms with Crippen LogP contribution in [0.15, 0.2) is 41.7 Å². The molecule has 0 aliphatic carbocycles. The predicted molar refractivity (Wildman–Crippen MR) is 131 cm³/mol. The lowest BCUT2D eigenvalue weighted by Crippen LogP contribution is -2.38. The van der Waals surface area contributed by atoms with Crippen LogP contribution in [0, 0.1) is 0 Å². The third-order valence-electron chi connectivity index (χ3n) is 4.47. The fourth-order valence-corrected chi connectivity index (χ4v) is 3.92. The number of nitrogens with zero attached hydrogens (tertiary/aromatic N) is 2. The van der Waals surface area contributed by atoms with E-state index in [9.17, 15) is 0 Å². The van der Waals surface area contributed by atoms with Crippen molar-refractivity contribution < 1.29 is 0 Å². The fraction of sp³-hybridized carbons (Fsp3) is 0.429. The molecule has 0 saturated heterocycles. The summed E-state index contributed by atoms with van der Waals surface area (Å²) < 4.78 is 0. The van der Waals surface area contributed by atoms with Gasteiger partial charge in [0, 0.05) is 54.2 Å². The maximum atomic E-state index is 4.71. The number of halogens is 1. The normalized spacial score (nSPS) is 11.4. The van der Waals surface area contributed by atoms with Crippen LogP contribution in [0.25, 0.3) is 10.9 Å². The number of hydrogen-bond donors (Lipinski definition) is 3. The highest BCUT2D eigenvalue weighted by Crippen LogP contribution is 2.18. The van der Waals surface area contributed by atoms with E-state index < -0.39 is 0 Å². The summed E-state index contributed by atoms with van der Waals surface area (Å²) >= 11 is 1.80. The number of aliphatic imine (C=N–C) groups is 1. The number of benzene rings is 1. The summed E-state index contributed by atoms with van der Waals surface area (Å²) in [5, 5.41) is 9.25. The number of fused-ring (bicyclic) bond motifs is 1. The number of aromatic amines is 1. The lowest BCUT2D eigenvalue weighted by molar-refractivity contribution is 0.776. The van der Waals surface area contributed by atoms with Crippen molar-refractivity contribution in [1.82, 2.24) is 20.6 Å². The molecule has 0 radical (unpaired) electrons. The van der Waals surface area contributed by atoms with Gasteiger partial charge in [0.2, 0.25) is 0 Å². The van der Waals surface area contributed by atoms with Gasteiger partial charge in [0.1, 0.15) is 0 Å². The molecule has 0 atom stereocenters. The third kappa shape index (κ3) is 6.48. The summed E-state index contributed by atoms with van der Waals surface area (Å²) in [5.74, 6) is 0.892. The standard InChI is InChI=1S/C21H29N5S.HI/c1-3-17-15-26-20(27-17)11-13-24-21(22-4-2)23-12-7-8-16-14-25-19-10-6-5-9-18(16)19;/h5-6,9-10,14-15,25H,3-4,7-8,11-13H2,1-2H3,(H2,22,23,24);1H. The quantitative estimate of drug-likeness (QED) is 0.171. The van der Waals surface area contributed by atoms with Gasteiger partial charge in [-0.3, -0.25) is 4.99 Å². The van der Waals surface area contributed by atoms with E-state index in [0.29, 0.717) is 0 Å². The highest BCUT2D eigenvalue weighted by Gasteiger charge is 2.04. The number of thiazole rings is 1. The van der Waals surface area contributed by atoms with Crippen molar-refractivity contribution >= 4 is 52.2 Å². The van der Waals surface area contributed by atoms with Gasteiger partial charge in [-0.15, -0.1) is 35.3 Å². The van der Waals surface area contributed by atoms with Crippen molar-refractivity contribution in [1.29, 1.82) is 0 Å². The third-order valence-corrected chi connectivity index (χ3v) is 5.68. The number of aromatic nitrogens is 2. The van der Waals surface area contributed by atoms with Gasteiger partial charge in [0.15, 0.2) is 5.96 Å². The number of rotatable bonds is 9. The van der Waals surface area contributed by atoms with Crippen LogP contribution < -0.4 is 10.6 Å². The number of hydrogen-bond acceptors (Lipinski definition) is 3. The molecule has 2 aromatic heterocycles. The number of aryl methyl sites for hydroxylation is 2. The average Bonchev–Trinajstić information content (AvgIpc) is 3.32. The number of nitrogens with one attached hydrogen (secondary N) is 3. The number of H-pyrrole nitrogens is 1. The minimum absolute atomic E-state index is 0. The molecule has 3 N–H and O–H groups in total. The van der Waals surface area contributed by atoms with E-state index in [1.54, 1.807) is 11.3 Å². The van der Waals surface area contributed by atoms with E-state index >= 15 is 0 Å². The highest BCUT2D eigenvalue weighted by molar-refractivity contribution is 14.0. The Bertz CT molecular complexity index is 870. The molecule has 3 aromatic rings. The van der Waals surface area contributed by atoms with Gasteiger partial charge >= 0.3 is 0 Å². The smallest absolute Gasteiger partial charge is 0.191 e. The molecule has 7 heteroatoms.